The van der Waals surface area contributed by atoms with Crippen molar-refractivity contribution in [2.24, 2.45) is 0 Å². The third kappa shape index (κ3) is 4.41. The molecule has 0 aliphatic carbocycles. The van der Waals surface area contributed by atoms with Crippen molar-refractivity contribution in [2.45, 2.75) is 26.8 Å². The van der Waals surface area contributed by atoms with Gasteiger partial charge in [0, 0.05) is 24.7 Å². The number of nitrogens with one attached hydrogen (secondary N) is 1. The van der Waals surface area contributed by atoms with E-state index in [-0.39, 0.29) is 0 Å². The van der Waals surface area contributed by atoms with E-state index in [9.17, 15) is 0 Å². The van der Waals surface area contributed by atoms with Crippen molar-refractivity contribution in [1.29, 1.82) is 0 Å². The number of fused-ring (bicyclic) bond motifs is 1. The summed E-state index contributed by atoms with van der Waals surface area (Å²) in [7, 11) is 0. The third-order valence-corrected chi connectivity index (χ3v) is 3.25. The number of nitrogens with zero attached hydrogens (tertiary/aromatic N) is 1. The van der Waals surface area contributed by atoms with E-state index >= 15 is 0 Å². The van der Waals surface area contributed by atoms with Gasteiger partial charge in [0.25, 0.3) is 0 Å². The fourth-order valence-electron chi connectivity index (χ4n) is 2.22. The van der Waals surface area contributed by atoms with Gasteiger partial charge >= 0.3 is 0 Å². The number of pyridine rings is 1. The van der Waals surface area contributed by atoms with Gasteiger partial charge in [0.2, 0.25) is 5.88 Å². The Balaban J connectivity index is 2.14. The second-order valence-corrected chi connectivity index (χ2v) is 4.86. The molecule has 0 bridgehead atoms. The average molecular weight is 288 g/mol. The van der Waals surface area contributed by atoms with Crippen molar-refractivity contribution in [3.8, 4) is 5.88 Å². The first-order valence-corrected chi connectivity index (χ1v) is 7.64. The Morgan fingerprint density at radius 3 is 2.67 bits per heavy atom. The van der Waals surface area contributed by atoms with Gasteiger partial charge in [0.05, 0.1) is 6.61 Å². The minimum Gasteiger partial charge on any atom is -0.475 e. The third-order valence-electron chi connectivity index (χ3n) is 3.25. The summed E-state index contributed by atoms with van der Waals surface area (Å²) < 4.78 is 11.0. The lowest BCUT2D eigenvalue weighted by atomic mass is 10.1. The van der Waals surface area contributed by atoms with Crippen LogP contribution >= 0.6 is 0 Å². The Kier molecular flexibility index (Phi) is 6.44. The normalized spacial score (nSPS) is 11.0. The number of aromatic nitrogens is 1. The zero-order valence-corrected chi connectivity index (χ0v) is 12.9. The molecule has 21 heavy (non-hydrogen) atoms. The van der Waals surface area contributed by atoms with Gasteiger partial charge in [-0.2, -0.15) is 0 Å². The minimum absolute atomic E-state index is 0.526. The summed E-state index contributed by atoms with van der Waals surface area (Å²) in [5, 5.41) is 5.68. The van der Waals surface area contributed by atoms with Crippen LogP contribution in [-0.4, -0.2) is 31.3 Å². The molecule has 2 rings (SSSR count). The van der Waals surface area contributed by atoms with E-state index in [2.05, 4.69) is 35.4 Å². The lowest BCUT2D eigenvalue weighted by Gasteiger charge is -2.12. The summed E-state index contributed by atoms with van der Waals surface area (Å²) in [6.45, 7) is 7.82. The molecule has 1 aromatic heterocycles. The quantitative estimate of drug-likeness (QED) is 0.720. The van der Waals surface area contributed by atoms with Crippen molar-refractivity contribution in [1.82, 2.24) is 10.3 Å². The van der Waals surface area contributed by atoms with E-state index in [1.807, 2.05) is 19.2 Å². The molecule has 0 fully saturated rings. The average Bonchev–Trinajstić information content (AvgIpc) is 2.53. The number of hydrogen-bond donors (Lipinski definition) is 1. The lowest BCUT2D eigenvalue weighted by molar-refractivity contribution is 0.109. The SMILES string of the molecule is CCCNCc1cnc(OCCOCC)c2ccccc12. The minimum atomic E-state index is 0.526. The van der Waals surface area contributed by atoms with E-state index in [0.29, 0.717) is 25.7 Å². The summed E-state index contributed by atoms with van der Waals surface area (Å²) in [5.41, 5.74) is 1.20. The second kappa shape index (κ2) is 8.60. The number of hydrogen-bond acceptors (Lipinski definition) is 4. The Hall–Kier alpha value is -1.65. The van der Waals surface area contributed by atoms with Crippen LogP contribution in [0.2, 0.25) is 0 Å². The number of rotatable bonds is 9. The fourth-order valence-corrected chi connectivity index (χ4v) is 2.22. The molecule has 0 unspecified atom stereocenters. The van der Waals surface area contributed by atoms with Crippen molar-refractivity contribution in [2.75, 3.05) is 26.4 Å². The number of ether oxygens (including phenoxy) is 2. The van der Waals surface area contributed by atoms with Crippen molar-refractivity contribution in [3.05, 3.63) is 36.0 Å². The topological polar surface area (TPSA) is 43.4 Å². The highest BCUT2D eigenvalue weighted by molar-refractivity contribution is 5.89. The first-order valence-electron chi connectivity index (χ1n) is 7.64. The molecular formula is C17H24N2O2. The van der Waals surface area contributed by atoms with Gasteiger partial charge in [-0.25, -0.2) is 4.98 Å². The number of benzene rings is 1. The van der Waals surface area contributed by atoms with Crippen LogP contribution in [0.15, 0.2) is 30.5 Å². The van der Waals surface area contributed by atoms with Crippen molar-refractivity contribution >= 4 is 10.8 Å². The van der Waals surface area contributed by atoms with Crippen LogP contribution in [0.3, 0.4) is 0 Å². The maximum absolute atomic E-state index is 5.75. The van der Waals surface area contributed by atoms with Crippen molar-refractivity contribution < 1.29 is 9.47 Å². The highest BCUT2D eigenvalue weighted by atomic mass is 16.5. The van der Waals surface area contributed by atoms with Crippen molar-refractivity contribution in [3.63, 3.8) is 0 Å². The van der Waals surface area contributed by atoms with Crippen LogP contribution in [-0.2, 0) is 11.3 Å². The van der Waals surface area contributed by atoms with Gasteiger partial charge in [-0.3, -0.25) is 0 Å². The Labute approximate surface area is 126 Å². The Morgan fingerprint density at radius 2 is 1.90 bits per heavy atom. The second-order valence-electron chi connectivity index (χ2n) is 4.86. The highest BCUT2D eigenvalue weighted by Crippen LogP contribution is 2.26. The maximum Gasteiger partial charge on any atom is 0.221 e. The van der Waals surface area contributed by atoms with Gasteiger partial charge in [-0.1, -0.05) is 25.1 Å². The molecule has 2 aromatic rings. The van der Waals surface area contributed by atoms with Gasteiger partial charge in [-0.15, -0.1) is 0 Å². The molecule has 114 valence electrons. The Bertz CT molecular complexity index is 557. The highest BCUT2D eigenvalue weighted by Gasteiger charge is 2.07. The first kappa shape index (κ1) is 15.7. The standard InChI is InChI=1S/C17H24N2O2/c1-3-9-18-12-14-13-19-17(21-11-10-20-4-2)16-8-6-5-7-15(14)16/h5-8,13,18H,3-4,9-12H2,1-2H3. The smallest absolute Gasteiger partial charge is 0.221 e. The molecule has 1 aromatic carbocycles. The predicted molar refractivity (Wildman–Crippen MR) is 85.7 cm³/mol. The molecule has 1 N–H and O–H groups in total. The molecule has 0 aliphatic heterocycles. The van der Waals surface area contributed by atoms with E-state index in [1.54, 1.807) is 0 Å². The molecule has 0 amide bonds. The van der Waals surface area contributed by atoms with Gasteiger partial charge in [-0.05, 0) is 36.9 Å². The van der Waals surface area contributed by atoms with Crippen LogP contribution in [0.4, 0.5) is 0 Å². The van der Waals surface area contributed by atoms with Gasteiger partial charge < -0.3 is 14.8 Å². The summed E-state index contributed by atoms with van der Waals surface area (Å²) >= 11 is 0. The van der Waals surface area contributed by atoms with Gasteiger partial charge in [0.15, 0.2) is 0 Å². The molecular weight excluding hydrogens is 264 g/mol. The van der Waals surface area contributed by atoms with Gasteiger partial charge in [0.1, 0.15) is 6.61 Å². The van der Waals surface area contributed by atoms with E-state index < -0.39 is 0 Å². The largest absolute Gasteiger partial charge is 0.475 e. The van der Waals surface area contributed by atoms with Crippen LogP contribution in [0, 0.1) is 0 Å². The zero-order valence-electron chi connectivity index (χ0n) is 12.9. The van der Waals surface area contributed by atoms with E-state index in [0.717, 1.165) is 24.9 Å². The molecule has 0 radical (unpaired) electrons. The fraction of sp³-hybridized carbons (Fsp3) is 0.471. The zero-order chi connectivity index (χ0) is 14.9. The Morgan fingerprint density at radius 1 is 1.10 bits per heavy atom. The predicted octanol–water partition coefficient (Wildman–Crippen LogP) is 3.15. The monoisotopic (exact) mass is 288 g/mol. The summed E-state index contributed by atoms with van der Waals surface area (Å²) in [6.07, 6.45) is 3.03. The summed E-state index contributed by atoms with van der Waals surface area (Å²) in [4.78, 5) is 4.47. The molecule has 4 heteroatoms. The molecule has 0 spiro atoms. The van der Waals surface area contributed by atoms with E-state index in [4.69, 9.17) is 9.47 Å². The molecule has 0 atom stereocenters. The summed E-state index contributed by atoms with van der Waals surface area (Å²) in [6, 6.07) is 8.25. The molecule has 0 saturated carbocycles. The van der Waals surface area contributed by atoms with Crippen LogP contribution in [0.5, 0.6) is 5.88 Å². The van der Waals surface area contributed by atoms with Crippen LogP contribution in [0.1, 0.15) is 25.8 Å². The molecule has 4 nitrogen and oxygen atoms in total. The first-order chi connectivity index (χ1) is 10.4. The molecule has 0 saturated heterocycles. The van der Waals surface area contributed by atoms with E-state index in [1.165, 1.54) is 10.9 Å². The molecule has 0 aliphatic rings. The van der Waals surface area contributed by atoms with Crippen LogP contribution < -0.4 is 10.1 Å². The lowest BCUT2D eigenvalue weighted by Crippen LogP contribution is -2.14. The van der Waals surface area contributed by atoms with Crippen LogP contribution in [0.25, 0.3) is 10.8 Å². The summed E-state index contributed by atoms with van der Waals surface area (Å²) in [5.74, 6) is 0.685. The molecule has 1 heterocycles. The maximum atomic E-state index is 5.75.